The van der Waals surface area contributed by atoms with Gasteiger partial charge in [-0.05, 0) is 5.92 Å². The Balaban J connectivity index is 4.26. The van der Waals surface area contributed by atoms with Crippen molar-refractivity contribution in [3.8, 4) is 0 Å². The van der Waals surface area contributed by atoms with Gasteiger partial charge in [0.1, 0.15) is 0 Å². The number of hydrogen-bond donors (Lipinski definition) is 1. The van der Waals surface area contributed by atoms with Gasteiger partial charge in [0.25, 0.3) is 0 Å². The maximum atomic E-state index is 10.9. The Morgan fingerprint density at radius 1 is 1.46 bits per heavy atom. The lowest BCUT2D eigenvalue weighted by Crippen LogP contribution is -2.24. The van der Waals surface area contributed by atoms with Crippen LogP contribution in [-0.4, -0.2) is 24.2 Å². The van der Waals surface area contributed by atoms with Crippen molar-refractivity contribution in [2.45, 2.75) is 26.7 Å². The molecule has 76 valence electrons. The van der Waals surface area contributed by atoms with Gasteiger partial charge in [0, 0.05) is 0 Å². The maximum Gasteiger partial charge on any atom is 0.307 e. The molecule has 0 aliphatic carbocycles. The third-order valence-electron chi connectivity index (χ3n) is 2.26. The van der Waals surface area contributed by atoms with Crippen LogP contribution in [0.25, 0.3) is 0 Å². The molecule has 0 heterocycles. The molecule has 0 fully saturated rings. The number of esters is 1. The third-order valence-corrected chi connectivity index (χ3v) is 2.26. The van der Waals surface area contributed by atoms with E-state index in [4.69, 9.17) is 5.11 Å². The number of aliphatic carboxylic acids is 1. The van der Waals surface area contributed by atoms with Crippen LogP contribution >= 0.6 is 0 Å². The van der Waals surface area contributed by atoms with E-state index in [1.165, 1.54) is 7.11 Å². The summed E-state index contributed by atoms with van der Waals surface area (Å²) >= 11 is 0. The molecule has 0 saturated heterocycles. The van der Waals surface area contributed by atoms with Crippen LogP contribution in [0.2, 0.25) is 0 Å². The van der Waals surface area contributed by atoms with Gasteiger partial charge in [-0.1, -0.05) is 20.3 Å². The van der Waals surface area contributed by atoms with E-state index in [1.807, 2.05) is 13.8 Å². The SMILES string of the molecule is CC[C@@H](C)C(CC(=O)OC)C(=O)O. The van der Waals surface area contributed by atoms with Crippen LogP contribution in [0.3, 0.4) is 0 Å². The molecule has 0 aromatic rings. The molecule has 0 bridgehead atoms. The minimum Gasteiger partial charge on any atom is -0.481 e. The topological polar surface area (TPSA) is 63.6 Å². The highest BCUT2D eigenvalue weighted by atomic mass is 16.5. The summed E-state index contributed by atoms with van der Waals surface area (Å²) in [7, 11) is 1.26. The fourth-order valence-corrected chi connectivity index (χ4v) is 1.08. The molecule has 0 spiro atoms. The molecular formula is C9H16O4. The maximum absolute atomic E-state index is 10.9. The summed E-state index contributed by atoms with van der Waals surface area (Å²) in [5, 5.41) is 8.81. The first kappa shape index (κ1) is 11.9. The second-order valence-electron chi connectivity index (χ2n) is 3.11. The molecular weight excluding hydrogens is 172 g/mol. The molecule has 2 atom stereocenters. The second-order valence-corrected chi connectivity index (χ2v) is 3.11. The van der Waals surface area contributed by atoms with Gasteiger partial charge in [-0.25, -0.2) is 0 Å². The number of carboxylic acid groups (broad SMARTS) is 1. The Kier molecular flexibility index (Phi) is 5.11. The normalized spacial score (nSPS) is 14.7. The number of ether oxygens (including phenoxy) is 1. The van der Waals surface area contributed by atoms with E-state index in [9.17, 15) is 9.59 Å². The lowest BCUT2D eigenvalue weighted by molar-refractivity contribution is -0.151. The van der Waals surface area contributed by atoms with Crippen LogP contribution in [0, 0.1) is 11.8 Å². The van der Waals surface area contributed by atoms with Crippen LogP contribution in [0.15, 0.2) is 0 Å². The first-order valence-corrected chi connectivity index (χ1v) is 4.32. The van der Waals surface area contributed by atoms with Crippen LogP contribution in [0.4, 0.5) is 0 Å². The van der Waals surface area contributed by atoms with E-state index < -0.39 is 17.9 Å². The third kappa shape index (κ3) is 3.92. The summed E-state index contributed by atoms with van der Waals surface area (Å²) in [5.74, 6) is -2.03. The number of hydrogen-bond acceptors (Lipinski definition) is 3. The van der Waals surface area contributed by atoms with Gasteiger partial charge in [0.05, 0.1) is 19.4 Å². The van der Waals surface area contributed by atoms with Crippen molar-refractivity contribution in [2.75, 3.05) is 7.11 Å². The molecule has 0 aliphatic rings. The molecule has 0 radical (unpaired) electrons. The number of carbonyl (C=O) groups is 2. The van der Waals surface area contributed by atoms with Crippen molar-refractivity contribution in [2.24, 2.45) is 11.8 Å². The van der Waals surface area contributed by atoms with Gasteiger partial charge in [-0.3, -0.25) is 9.59 Å². The second kappa shape index (κ2) is 5.56. The molecule has 13 heavy (non-hydrogen) atoms. The largest absolute Gasteiger partial charge is 0.481 e. The van der Waals surface area contributed by atoms with E-state index in [-0.39, 0.29) is 12.3 Å². The van der Waals surface area contributed by atoms with Gasteiger partial charge in [0.15, 0.2) is 0 Å². The Hall–Kier alpha value is -1.06. The van der Waals surface area contributed by atoms with Gasteiger partial charge >= 0.3 is 11.9 Å². The van der Waals surface area contributed by atoms with E-state index in [2.05, 4.69) is 4.74 Å². The Bertz CT molecular complexity index is 188. The molecule has 1 N–H and O–H groups in total. The van der Waals surface area contributed by atoms with Crippen molar-refractivity contribution in [3.05, 3.63) is 0 Å². The van der Waals surface area contributed by atoms with E-state index in [1.54, 1.807) is 0 Å². The minimum atomic E-state index is -0.931. The van der Waals surface area contributed by atoms with Gasteiger partial charge in [-0.2, -0.15) is 0 Å². The van der Waals surface area contributed by atoms with Crippen molar-refractivity contribution in [1.82, 2.24) is 0 Å². The lowest BCUT2D eigenvalue weighted by Gasteiger charge is -2.16. The van der Waals surface area contributed by atoms with E-state index in [0.29, 0.717) is 0 Å². The summed E-state index contributed by atoms with van der Waals surface area (Å²) in [4.78, 5) is 21.6. The van der Waals surface area contributed by atoms with Gasteiger partial charge < -0.3 is 9.84 Å². The van der Waals surface area contributed by atoms with E-state index in [0.717, 1.165) is 6.42 Å². The standard InChI is InChI=1S/C9H16O4/c1-4-6(2)7(9(11)12)5-8(10)13-3/h6-7H,4-5H2,1-3H3,(H,11,12)/t6-,7?/m1/s1. The van der Waals surface area contributed by atoms with Crippen molar-refractivity contribution in [3.63, 3.8) is 0 Å². The summed E-state index contributed by atoms with van der Waals surface area (Å²) < 4.78 is 4.42. The van der Waals surface area contributed by atoms with Crippen LogP contribution in [-0.2, 0) is 14.3 Å². The van der Waals surface area contributed by atoms with Crippen LogP contribution in [0.1, 0.15) is 26.7 Å². The highest BCUT2D eigenvalue weighted by Gasteiger charge is 2.26. The first-order valence-electron chi connectivity index (χ1n) is 4.32. The van der Waals surface area contributed by atoms with Crippen molar-refractivity contribution >= 4 is 11.9 Å². The predicted molar refractivity (Wildman–Crippen MR) is 47.2 cm³/mol. The molecule has 0 aromatic carbocycles. The molecule has 0 aromatic heterocycles. The fourth-order valence-electron chi connectivity index (χ4n) is 1.08. The zero-order chi connectivity index (χ0) is 10.4. The number of methoxy groups -OCH3 is 1. The first-order chi connectivity index (χ1) is 6.02. The molecule has 4 nitrogen and oxygen atoms in total. The predicted octanol–water partition coefficient (Wildman–Crippen LogP) is 1.30. The number of carboxylic acids is 1. The van der Waals surface area contributed by atoms with Crippen molar-refractivity contribution < 1.29 is 19.4 Å². The smallest absolute Gasteiger partial charge is 0.307 e. The van der Waals surface area contributed by atoms with Crippen LogP contribution < -0.4 is 0 Å². The van der Waals surface area contributed by atoms with Crippen LogP contribution in [0.5, 0.6) is 0 Å². The zero-order valence-electron chi connectivity index (χ0n) is 8.24. The molecule has 1 unspecified atom stereocenters. The Morgan fingerprint density at radius 3 is 2.31 bits per heavy atom. The molecule has 0 saturated carbocycles. The molecule has 0 amide bonds. The van der Waals surface area contributed by atoms with Crippen molar-refractivity contribution in [1.29, 1.82) is 0 Å². The number of carbonyl (C=O) groups excluding carboxylic acids is 1. The summed E-state index contributed by atoms with van der Waals surface area (Å²) in [6.07, 6.45) is 0.703. The average molecular weight is 188 g/mol. The molecule has 0 rings (SSSR count). The zero-order valence-corrected chi connectivity index (χ0v) is 8.24. The monoisotopic (exact) mass is 188 g/mol. The lowest BCUT2D eigenvalue weighted by atomic mass is 9.89. The Labute approximate surface area is 77.9 Å². The summed E-state index contributed by atoms with van der Waals surface area (Å²) in [5.41, 5.74) is 0. The number of rotatable bonds is 5. The molecule has 4 heteroatoms. The van der Waals surface area contributed by atoms with Gasteiger partial charge in [0.2, 0.25) is 0 Å². The average Bonchev–Trinajstić information content (AvgIpc) is 2.11. The molecule has 0 aliphatic heterocycles. The highest BCUT2D eigenvalue weighted by Crippen LogP contribution is 2.19. The minimum absolute atomic E-state index is 0.00315. The highest BCUT2D eigenvalue weighted by molar-refractivity contribution is 5.78. The summed E-state index contributed by atoms with van der Waals surface area (Å²) in [6.45, 7) is 3.72. The summed E-state index contributed by atoms with van der Waals surface area (Å²) in [6, 6.07) is 0. The quantitative estimate of drug-likeness (QED) is 0.660. The van der Waals surface area contributed by atoms with E-state index >= 15 is 0 Å². The fraction of sp³-hybridized carbons (Fsp3) is 0.778. The van der Waals surface area contributed by atoms with Gasteiger partial charge in [-0.15, -0.1) is 0 Å². The Morgan fingerprint density at radius 2 is 2.00 bits per heavy atom.